The molecule has 0 heterocycles. The van der Waals surface area contributed by atoms with E-state index in [0.717, 1.165) is 0 Å². The summed E-state index contributed by atoms with van der Waals surface area (Å²) in [7, 11) is 2.82. The molecule has 0 aliphatic carbocycles. The lowest BCUT2D eigenvalue weighted by atomic mass is 10.1. The first-order chi connectivity index (χ1) is 7.11. The lowest BCUT2D eigenvalue weighted by molar-refractivity contribution is 0.0857. The third-order valence-electron chi connectivity index (χ3n) is 2.06. The molecule has 0 atom stereocenters. The molecule has 15 heavy (non-hydrogen) atoms. The van der Waals surface area contributed by atoms with Crippen LogP contribution < -0.4 is 10.2 Å². The summed E-state index contributed by atoms with van der Waals surface area (Å²) >= 11 is 0. The highest BCUT2D eigenvalue weighted by atomic mass is 19.1. The number of aromatic hydroxyl groups is 1. The zero-order valence-electron chi connectivity index (χ0n) is 8.93. The van der Waals surface area contributed by atoms with Gasteiger partial charge in [-0.25, -0.2) is 4.39 Å². The summed E-state index contributed by atoms with van der Waals surface area (Å²) in [6.07, 6.45) is 0. The van der Waals surface area contributed by atoms with Gasteiger partial charge in [0, 0.05) is 12.1 Å². The van der Waals surface area contributed by atoms with Gasteiger partial charge in [-0.15, -0.1) is 0 Å². The number of ether oxygens (including phenoxy) is 1. The highest BCUT2D eigenvalue weighted by Crippen LogP contribution is 2.34. The maximum Gasteiger partial charge on any atom is 0.194 e. The third kappa shape index (κ3) is 2.37. The Morgan fingerprint density at radius 3 is 2.67 bits per heavy atom. The Bertz CT molecular complexity index is 355. The fourth-order valence-electron chi connectivity index (χ4n) is 1.36. The van der Waals surface area contributed by atoms with E-state index in [2.05, 4.69) is 10.3 Å². The topological polar surface area (TPSA) is 50.7 Å². The van der Waals surface area contributed by atoms with E-state index in [1.807, 2.05) is 0 Å². The second-order valence-corrected chi connectivity index (χ2v) is 3.07. The second kappa shape index (κ2) is 4.95. The monoisotopic (exact) mass is 215 g/mol. The van der Waals surface area contributed by atoms with E-state index < -0.39 is 11.6 Å². The molecule has 2 N–H and O–H groups in total. The lowest BCUT2D eigenvalue weighted by Crippen LogP contribution is -2.12. The number of phenols is 1. The first-order valence-electron chi connectivity index (χ1n) is 4.42. The molecule has 1 aromatic rings. The van der Waals surface area contributed by atoms with Gasteiger partial charge in [0.25, 0.3) is 0 Å². The van der Waals surface area contributed by atoms with Crippen LogP contribution in [-0.4, -0.2) is 19.3 Å². The van der Waals surface area contributed by atoms with E-state index in [1.54, 1.807) is 13.0 Å². The number of halogens is 1. The molecule has 0 aliphatic rings. The Kier molecular flexibility index (Phi) is 3.88. The maximum atomic E-state index is 13.5. The molecule has 0 bridgehead atoms. The van der Waals surface area contributed by atoms with Crippen molar-refractivity contribution in [1.82, 2.24) is 5.48 Å². The smallest absolute Gasteiger partial charge is 0.194 e. The van der Waals surface area contributed by atoms with Gasteiger partial charge in [-0.05, 0) is 18.6 Å². The van der Waals surface area contributed by atoms with Crippen LogP contribution >= 0.6 is 0 Å². The molecule has 4 nitrogen and oxygen atoms in total. The van der Waals surface area contributed by atoms with Crippen LogP contribution in [0.5, 0.6) is 11.5 Å². The largest absolute Gasteiger partial charge is 0.502 e. The van der Waals surface area contributed by atoms with Gasteiger partial charge in [0.05, 0.1) is 14.2 Å². The van der Waals surface area contributed by atoms with Gasteiger partial charge in [0.2, 0.25) is 0 Å². The number of rotatable bonds is 4. The van der Waals surface area contributed by atoms with Gasteiger partial charge in [0.15, 0.2) is 17.3 Å². The fourth-order valence-corrected chi connectivity index (χ4v) is 1.36. The summed E-state index contributed by atoms with van der Waals surface area (Å²) in [6, 6.07) is 1.60. The molecule has 0 aromatic heterocycles. The number of benzene rings is 1. The van der Waals surface area contributed by atoms with Crippen molar-refractivity contribution in [1.29, 1.82) is 0 Å². The van der Waals surface area contributed by atoms with Crippen LogP contribution in [-0.2, 0) is 11.4 Å². The molecule has 5 heteroatoms. The van der Waals surface area contributed by atoms with E-state index in [9.17, 15) is 9.50 Å². The molecule has 0 amide bonds. The minimum atomic E-state index is -0.693. The summed E-state index contributed by atoms with van der Waals surface area (Å²) in [5, 5.41) is 9.49. The molecule has 0 spiro atoms. The number of hydrogen-bond acceptors (Lipinski definition) is 4. The maximum absolute atomic E-state index is 13.5. The number of nitrogens with one attached hydrogen (secondary N) is 1. The van der Waals surface area contributed by atoms with E-state index in [-0.39, 0.29) is 12.3 Å². The molecule has 0 saturated heterocycles. The second-order valence-electron chi connectivity index (χ2n) is 3.07. The summed E-state index contributed by atoms with van der Waals surface area (Å²) in [4.78, 5) is 4.61. The number of phenolic OH excluding ortho intramolecular Hbond substituents is 1. The third-order valence-corrected chi connectivity index (χ3v) is 2.06. The standard InChI is InChI=1S/C10H14FNO3/c1-6-4-7(5-12-15-3)8(11)9(13)10(6)14-2/h4,12-13H,5H2,1-3H3. The summed E-state index contributed by atoms with van der Waals surface area (Å²) in [5.41, 5.74) is 3.50. The normalized spacial score (nSPS) is 10.4. The average Bonchev–Trinajstić information content (AvgIpc) is 2.22. The SMILES string of the molecule is CONCc1cc(C)c(OC)c(O)c1F. The van der Waals surface area contributed by atoms with Gasteiger partial charge in [-0.3, -0.25) is 0 Å². The zero-order valence-corrected chi connectivity index (χ0v) is 8.93. The van der Waals surface area contributed by atoms with Crippen LogP contribution in [0.3, 0.4) is 0 Å². The van der Waals surface area contributed by atoms with E-state index in [0.29, 0.717) is 11.1 Å². The number of hydroxylamine groups is 1. The number of methoxy groups -OCH3 is 1. The quantitative estimate of drug-likeness (QED) is 0.747. The predicted molar refractivity (Wildman–Crippen MR) is 53.2 cm³/mol. The van der Waals surface area contributed by atoms with Crippen LogP contribution in [0.25, 0.3) is 0 Å². The summed E-state index contributed by atoms with van der Waals surface area (Å²) in [6.45, 7) is 1.91. The molecular formula is C10H14FNO3. The van der Waals surface area contributed by atoms with Crippen LogP contribution in [0.15, 0.2) is 6.07 Å². The molecule has 1 rings (SSSR count). The first kappa shape index (κ1) is 11.7. The van der Waals surface area contributed by atoms with Crippen molar-refractivity contribution in [2.75, 3.05) is 14.2 Å². The van der Waals surface area contributed by atoms with Crippen molar-refractivity contribution in [2.45, 2.75) is 13.5 Å². The predicted octanol–water partition coefficient (Wildman–Crippen LogP) is 1.50. The minimum Gasteiger partial charge on any atom is -0.502 e. The van der Waals surface area contributed by atoms with Gasteiger partial charge in [-0.2, -0.15) is 5.48 Å². The van der Waals surface area contributed by atoms with Crippen LogP contribution in [0.2, 0.25) is 0 Å². The Morgan fingerprint density at radius 2 is 2.13 bits per heavy atom. The van der Waals surface area contributed by atoms with Crippen molar-refractivity contribution in [3.8, 4) is 11.5 Å². The molecule has 0 radical (unpaired) electrons. The Morgan fingerprint density at radius 1 is 1.47 bits per heavy atom. The molecule has 0 unspecified atom stereocenters. The van der Waals surface area contributed by atoms with Gasteiger partial charge < -0.3 is 14.7 Å². The number of aryl methyl sites for hydroxylation is 1. The van der Waals surface area contributed by atoms with Crippen LogP contribution in [0, 0.1) is 12.7 Å². The average molecular weight is 215 g/mol. The van der Waals surface area contributed by atoms with Gasteiger partial charge >= 0.3 is 0 Å². The minimum absolute atomic E-state index is 0.161. The van der Waals surface area contributed by atoms with Gasteiger partial charge in [-0.1, -0.05) is 0 Å². The van der Waals surface area contributed by atoms with Crippen molar-refractivity contribution in [3.63, 3.8) is 0 Å². The molecule has 84 valence electrons. The molecule has 0 fully saturated rings. The van der Waals surface area contributed by atoms with Crippen molar-refractivity contribution in [3.05, 3.63) is 23.0 Å². The molecule has 1 aromatic carbocycles. The zero-order chi connectivity index (χ0) is 11.4. The van der Waals surface area contributed by atoms with Crippen molar-refractivity contribution in [2.24, 2.45) is 0 Å². The van der Waals surface area contributed by atoms with Crippen LogP contribution in [0.4, 0.5) is 4.39 Å². The lowest BCUT2D eigenvalue weighted by Gasteiger charge is -2.11. The van der Waals surface area contributed by atoms with E-state index in [1.165, 1.54) is 14.2 Å². The van der Waals surface area contributed by atoms with Gasteiger partial charge in [0.1, 0.15) is 0 Å². The highest BCUT2D eigenvalue weighted by Gasteiger charge is 2.15. The summed E-state index contributed by atoms with van der Waals surface area (Å²) < 4.78 is 18.4. The fraction of sp³-hybridized carbons (Fsp3) is 0.400. The van der Waals surface area contributed by atoms with Crippen molar-refractivity contribution < 1.29 is 19.1 Å². The Hall–Kier alpha value is -1.33. The molecular weight excluding hydrogens is 201 g/mol. The summed E-state index contributed by atoms with van der Waals surface area (Å²) in [5.74, 6) is -0.999. The first-order valence-corrected chi connectivity index (χ1v) is 4.42. The van der Waals surface area contributed by atoms with E-state index >= 15 is 0 Å². The Balaban J connectivity index is 3.10. The van der Waals surface area contributed by atoms with E-state index in [4.69, 9.17) is 4.74 Å². The number of hydrogen-bond donors (Lipinski definition) is 2. The Labute approximate surface area is 87.6 Å². The van der Waals surface area contributed by atoms with Crippen LogP contribution in [0.1, 0.15) is 11.1 Å². The molecule has 0 aliphatic heterocycles. The van der Waals surface area contributed by atoms with Crippen molar-refractivity contribution >= 4 is 0 Å². The molecule has 0 saturated carbocycles. The highest BCUT2D eigenvalue weighted by molar-refractivity contribution is 5.49.